The van der Waals surface area contributed by atoms with Crippen LogP contribution in [0.15, 0.2) is 60.8 Å². The van der Waals surface area contributed by atoms with Gasteiger partial charge in [0.25, 0.3) is 0 Å². The van der Waals surface area contributed by atoms with E-state index < -0.39 is 12.1 Å². The number of hydrogen-bond donors (Lipinski definition) is 3. The van der Waals surface area contributed by atoms with Crippen molar-refractivity contribution < 1.29 is 14.3 Å². The zero-order chi connectivity index (χ0) is 21.3. The summed E-state index contributed by atoms with van der Waals surface area (Å²) in [5.74, 6) is -0.237. The Hall–Kier alpha value is -3.32. The summed E-state index contributed by atoms with van der Waals surface area (Å²) in [6, 6.07) is 16.6. The topological polar surface area (TPSA) is 86.5 Å². The third kappa shape index (κ3) is 6.09. The van der Waals surface area contributed by atoms with Crippen LogP contribution in [0.5, 0.6) is 0 Å². The number of H-pyrrole nitrogens is 1. The standard InChI is InChI=1S/C23H28N4O3/c1-27(2)13-12-24-22(28)21(14-18-15-25-20-11-7-6-10-19(18)20)26-23(29)30-16-17-8-4-3-5-9-17/h3-11,15,21,25H,12-14,16H2,1-2H3,(H,24,28)(H,26,29)/t21-/m1/s1. The number of rotatable bonds is 9. The van der Waals surface area contributed by atoms with Crippen molar-refractivity contribution in [1.29, 1.82) is 0 Å². The number of carbonyl (C=O) groups excluding carboxylic acids is 2. The van der Waals surface area contributed by atoms with Crippen LogP contribution < -0.4 is 10.6 Å². The van der Waals surface area contributed by atoms with E-state index in [1.54, 1.807) is 0 Å². The van der Waals surface area contributed by atoms with E-state index >= 15 is 0 Å². The first kappa shape index (κ1) is 21.4. The van der Waals surface area contributed by atoms with Crippen LogP contribution in [0, 0.1) is 0 Å². The van der Waals surface area contributed by atoms with Crippen LogP contribution in [0.25, 0.3) is 10.9 Å². The number of amides is 2. The molecule has 3 rings (SSSR count). The van der Waals surface area contributed by atoms with Crippen molar-refractivity contribution in [2.45, 2.75) is 19.1 Å². The molecule has 0 saturated heterocycles. The summed E-state index contributed by atoms with van der Waals surface area (Å²) in [6.45, 7) is 1.36. The molecule has 3 N–H and O–H groups in total. The third-order valence-electron chi connectivity index (χ3n) is 4.78. The molecule has 7 nitrogen and oxygen atoms in total. The number of para-hydroxylation sites is 1. The maximum atomic E-state index is 12.8. The van der Waals surface area contributed by atoms with E-state index in [-0.39, 0.29) is 12.5 Å². The van der Waals surface area contributed by atoms with E-state index in [4.69, 9.17) is 4.74 Å². The van der Waals surface area contributed by atoms with E-state index in [0.717, 1.165) is 22.0 Å². The molecular weight excluding hydrogens is 380 g/mol. The largest absolute Gasteiger partial charge is 0.445 e. The van der Waals surface area contributed by atoms with Gasteiger partial charge in [0.2, 0.25) is 5.91 Å². The maximum Gasteiger partial charge on any atom is 0.408 e. The molecule has 0 aliphatic heterocycles. The summed E-state index contributed by atoms with van der Waals surface area (Å²) in [4.78, 5) is 30.4. The number of nitrogens with zero attached hydrogens (tertiary/aromatic N) is 1. The highest BCUT2D eigenvalue weighted by Gasteiger charge is 2.23. The predicted octanol–water partition coefficient (Wildman–Crippen LogP) is 2.68. The first-order valence-corrected chi connectivity index (χ1v) is 9.97. The normalized spacial score (nSPS) is 12.0. The molecule has 0 aliphatic rings. The number of ether oxygens (including phenoxy) is 1. The average Bonchev–Trinajstić information content (AvgIpc) is 3.15. The molecule has 0 bridgehead atoms. The van der Waals surface area contributed by atoms with Crippen LogP contribution in [-0.4, -0.2) is 55.1 Å². The fraction of sp³-hybridized carbons (Fsp3) is 0.304. The molecule has 158 valence electrons. The van der Waals surface area contributed by atoms with Gasteiger partial charge >= 0.3 is 6.09 Å². The smallest absolute Gasteiger partial charge is 0.408 e. The molecule has 3 aromatic rings. The lowest BCUT2D eigenvalue weighted by Crippen LogP contribution is -2.49. The number of benzene rings is 2. The number of aromatic amines is 1. The van der Waals surface area contributed by atoms with Crippen LogP contribution >= 0.6 is 0 Å². The lowest BCUT2D eigenvalue weighted by Gasteiger charge is -2.19. The molecule has 7 heteroatoms. The van der Waals surface area contributed by atoms with Crippen molar-refractivity contribution in [3.05, 3.63) is 71.9 Å². The van der Waals surface area contributed by atoms with Crippen molar-refractivity contribution in [2.75, 3.05) is 27.2 Å². The van der Waals surface area contributed by atoms with Crippen molar-refractivity contribution in [3.63, 3.8) is 0 Å². The Bertz CT molecular complexity index is 969. The molecule has 2 amide bonds. The number of hydrogen-bond acceptors (Lipinski definition) is 4. The molecule has 0 fully saturated rings. The SMILES string of the molecule is CN(C)CCNC(=O)[C@@H](Cc1c[nH]c2ccccc12)NC(=O)OCc1ccccc1. The number of alkyl carbamates (subject to hydrolysis) is 1. The zero-order valence-corrected chi connectivity index (χ0v) is 17.4. The predicted molar refractivity (Wildman–Crippen MR) is 117 cm³/mol. The average molecular weight is 409 g/mol. The summed E-state index contributed by atoms with van der Waals surface area (Å²) in [5, 5.41) is 6.65. The van der Waals surface area contributed by atoms with Gasteiger partial charge in [0, 0.05) is 36.6 Å². The van der Waals surface area contributed by atoms with Crippen molar-refractivity contribution in [2.24, 2.45) is 0 Å². The molecular formula is C23H28N4O3. The van der Waals surface area contributed by atoms with Gasteiger partial charge in [0.1, 0.15) is 12.6 Å². The first-order chi connectivity index (χ1) is 14.5. The van der Waals surface area contributed by atoms with Gasteiger partial charge in [-0.05, 0) is 31.3 Å². The lowest BCUT2D eigenvalue weighted by molar-refractivity contribution is -0.123. The molecule has 1 heterocycles. The third-order valence-corrected chi connectivity index (χ3v) is 4.78. The van der Waals surface area contributed by atoms with E-state index in [9.17, 15) is 9.59 Å². The maximum absolute atomic E-state index is 12.8. The van der Waals surface area contributed by atoms with Gasteiger partial charge in [0.05, 0.1) is 0 Å². The molecule has 0 unspecified atom stereocenters. The second-order valence-corrected chi connectivity index (χ2v) is 7.42. The van der Waals surface area contributed by atoms with Crippen LogP contribution in [0.1, 0.15) is 11.1 Å². The molecule has 1 atom stereocenters. The minimum atomic E-state index is -0.741. The molecule has 0 saturated carbocycles. The Morgan fingerprint density at radius 3 is 2.57 bits per heavy atom. The quantitative estimate of drug-likeness (QED) is 0.508. The Labute approximate surface area is 176 Å². The van der Waals surface area contributed by atoms with Crippen LogP contribution in [0.2, 0.25) is 0 Å². The zero-order valence-electron chi connectivity index (χ0n) is 17.4. The Balaban J connectivity index is 1.66. The van der Waals surface area contributed by atoms with Gasteiger partial charge in [-0.1, -0.05) is 48.5 Å². The second-order valence-electron chi connectivity index (χ2n) is 7.42. The van der Waals surface area contributed by atoms with Crippen molar-refractivity contribution in [1.82, 2.24) is 20.5 Å². The van der Waals surface area contributed by atoms with E-state index in [1.807, 2.05) is 79.8 Å². The highest BCUT2D eigenvalue weighted by molar-refractivity contribution is 5.88. The number of fused-ring (bicyclic) bond motifs is 1. The first-order valence-electron chi connectivity index (χ1n) is 9.97. The number of likely N-dealkylation sites (N-methyl/N-ethyl adjacent to an activating group) is 1. The van der Waals surface area contributed by atoms with Gasteiger partial charge < -0.3 is 25.3 Å². The second kappa shape index (κ2) is 10.5. The molecule has 0 spiro atoms. The van der Waals surface area contributed by atoms with Gasteiger partial charge in [-0.2, -0.15) is 0 Å². The van der Waals surface area contributed by atoms with Gasteiger partial charge in [-0.15, -0.1) is 0 Å². The Kier molecular flexibility index (Phi) is 7.45. The van der Waals surface area contributed by atoms with Gasteiger partial charge in [-0.3, -0.25) is 4.79 Å². The number of aromatic nitrogens is 1. The molecule has 2 aromatic carbocycles. The minimum Gasteiger partial charge on any atom is -0.445 e. The molecule has 30 heavy (non-hydrogen) atoms. The molecule has 0 aliphatic carbocycles. The Morgan fingerprint density at radius 2 is 1.80 bits per heavy atom. The monoisotopic (exact) mass is 408 g/mol. The van der Waals surface area contributed by atoms with Crippen LogP contribution in [0.4, 0.5) is 4.79 Å². The summed E-state index contributed by atoms with van der Waals surface area (Å²) in [7, 11) is 3.88. The summed E-state index contributed by atoms with van der Waals surface area (Å²) in [6.07, 6.45) is 1.62. The Morgan fingerprint density at radius 1 is 1.07 bits per heavy atom. The molecule has 1 aromatic heterocycles. The highest BCUT2D eigenvalue weighted by atomic mass is 16.5. The fourth-order valence-electron chi connectivity index (χ4n) is 3.16. The summed E-state index contributed by atoms with van der Waals surface area (Å²) in [5.41, 5.74) is 2.84. The van der Waals surface area contributed by atoms with Crippen molar-refractivity contribution >= 4 is 22.9 Å². The highest BCUT2D eigenvalue weighted by Crippen LogP contribution is 2.19. The van der Waals surface area contributed by atoms with E-state index in [1.165, 1.54) is 0 Å². The van der Waals surface area contributed by atoms with Crippen LogP contribution in [-0.2, 0) is 22.6 Å². The summed E-state index contributed by atoms with van der Waals surface area (Å²) < 4.78 is 5.31. The lowest BCUT2D eigenvalue weighted by atomic mass is 10.0. The fourth-order valence-corrected chi connectivity index (χ4v) is 3.16. The minimum absolute atomic E-state index is 0.148. The van der Waals surface area contributed by atoms with E-state index in [0.29, 0.717) is 19.5 Å². The summed E-state index contributed by atoms with van der Waals surface area (Å²) >= 11 is 0. The van der Waals surface area contributed by atoms with E-state index in [2.05, 4.69) is 15.6 Å². The van der Waals surface area contributed by atoms with Gasteiger partial charge in [0.15, 0.2) is 0 Å². The molecule has 0 radical (unpaired) electrons. The number of nitrogens with one attached hydrogen (secondary N) is 3. The number of carbonyl (C=O) groups is 2. The van der Waals surface area contributed by atoms with Crippen molar-refractivity contribution in [3.8, 4) is 0 Å². The van der Waals surface area contributed by atoms with Gasteiger partial charge in [-0.25, -0.2) is 4.79 Å². The van der Waals surface area contributed by atoms with Crippen LogP contribution in [0.3, 0.4) is 0 Å².